The standard InChI is InChI=1S/C24H27FN4O3.C19H19FN4O/c1-24(2,3)32-23(31)27-21(13-16-5-7-18(25)8-6-16)22(30)15-19-14-20(28-29(19)4)17-9-11-26-12-10-17;1-24-16(11-18(23-24)14-6-8-22-9-7-14)12-19(25)17(21)10-13-2-4-15(20)5-3-13/h5-12,14,21H,13,15H2,1-4H3,(H,27,31);2-9,11,17H,10,12,21H2,1H3/t21-;17-/m00/s1. The summed E-state index contributed by atoms with van der Waals surface area (Å²) >= 11 is 0. The average Bonchev–Trinajstić information content (AvgIpc) is 3.74. The van der Waals surface area contributed by atoms with Crippen molar-refractivity contribution in [1.29, 1.82) is 0 Å². The van der Waals surface area contributed by atoms with Crippen LogP contribution in [0.2, 0.25) is 0 Å². The molecule has 0 aliphatic rings. The van der Waals surface area contributed by atoms with Crippen molar-refractivity contribution < 1.29 is 27.9 Å². The minimum atomic E-state index is -0.838. The van der Waals surface area contributed by atoms with Gasteiger partial charge in [-0.05, 0) is 105 Å². The summed E-state index contributed by atoms with van der Waals surface area (Å²) in [7, 11) is 3.57. The number of ether oxygens (including phenoxy) is 1. The van der Waals surface area contributed by atoms with E-state index in [1.165, 1.54) is 24.3 Å². The highest BCUT2D eigenvalue weighted by molar-refractivity contribution is 5.89. The number of hydrogen-bond donors (Lipinski definition) is 2. The Hall–Kier alpha value is -6.41. The zero-order valence-electron chi connectivity index (χ0n) is 32.5. The van der Waals surface area contributed by atoms with Gasteiger partial charge in [0, 0.05) is 61.4 Å². The average molecular weight is 777 g/mol. The number of carbonyl (C=O) groups is 3. The van der Waals surface area contributed by atoms with E-state index in [0.717, 1.165) is 39.3 Å². The normalized spacial score (nSPS) is 12.2. The summed E-state index contributed by atoms with van der Waals surface area (Å²) in [5.41, 5.74) is 11.7. The van der Waals surface area contributed by atoms with Crippen LogP contribution in [0.15, 0.2) is 110 Å². The Morgan fingerprint density at radius 1 is 0.684 bits per heavy atom. The fourth-order valence-electron chi connectivity index (χ4n) is 5.82. The van der Waals surface area contributed by atoms with E-state index >= 15 is 0 Å². The van der Waals surface area contributed by atoms with Crippen LogP contribution in [0.1, 0.15) is 43.3 Å². The second-order valence-electron chi connectivity index (χ2n) is 14.5. The molecule has 1 amide bonds. The van der Waals surface area contributed by atoms with E-state index in [2.05, 4.69) is 25.5 Å². The third-order valence-corrected chi connectivity index (χ3v) is 8.83. The summed E-state index contributed by atoms with van der Waals surface area (Å²) in [6.45, 7) is 5.25. The van der Waals surface area contributed by atoms with Crippen molar-refractivity contribution in [3.63, 3.8) is 0 Å². The predicted molar refractivity (Wildman–Crippen MR) is 212 cm³/mol. The largest absolute Gasteiger partial charge is 0.444 e. The Kier molecular flexibility index (Phi) is 13.9. The highest BCUT2D eigenvalue weighted by Gasteiger charge is 2.26. The van der Waals surface area contributed by atoms with Crippen LogP contribution in [0.4, 0.5) is 13.6 Å². The molecule has 12 nitrogen and oxygen atoms in total. The molecule has 4 heterocycles. The summed E-state index contributed by atoms with van der Waals surface area (Å²) in [6.07, 6.45) is 6.95. The van der Waals surface area contributed by atoms with Gasteiger partial charge in [-0.15, -0.1) is 0 Å². The van der Waals surface area contributed by atoms with E-state index in [4.69, 9.17) is 10.5 Å². The molecule has 0 fully saturated rings. The van der Waals surface area contributed by atoms with E-state index in [0.29, 0.717) is 12.1 Å². The van der Waals surface area contributed by atoms with Crippen molar-refractivity contribution >= 4 is 17.7 Å². The van der Waals surface area contributed by atoms with Crippen LogP contribution in [0.5, 0.6) is 0 Å². The Morgan fingerprint density at radius 2 is 1.11 bits per heavy atom. The molecule has 4 aromatic heterocycles. The van der Waals surface area contributed by atoms with Gasteiger partial charge in [0.25, 0.3) is 0 Å². The Morgan fingerprint density at radius 3 is 1.54 bits per heavy atom. The molecule has 57 heavy (non-hydrogen) atoms. The molecule has 14 heteroatoms. The van der Waals surface area contributed by atoms with Crippen molar-refractivity contribution in [2.75, 3.05) is 0 Å². The van der Waals surface area contributed by atoms with Crippen LogP contribution in [-0.2, 0) is 54.1 Å². The van der Waals surface area contributed by atoms with Crippen LogP contribution >= 0.6 is 0 Å². The monoisotopic (exact) mass is 776 g/mol. The number of nitrogens with two attached hydrogens (primary N) is 1. The zero-order chi connectivity index (χ0) is 41.1. The summed E-state index contributed by atoms with van der Waals surface area (Å²) < 4.78 is 34.9. The molecule has 0 spiro atoms. The smallest absolute Gasteiger partial charge is 0.408 e. The first-order valence-electron chi connectivity index (χ1n) is 18.3. The van der Waals surface area contributed by atoms with Crippen LogP contribution in [0.25, 0.3) is 22.5 Å². The number of halogens is 2. The second-order valence-corrected chi connectivity index (χ2v) is 14.5. The van der Waals surface area contributed by atoms with Gasteiger partial charge in [-0.3, -0.25) is 28.9 Å². The quantitative estimate of drug-likeness (QED) is 0.140. The lowest BCUT2D eigenvalue weighted by molar-refractivity contribution is -0.121. The maximum absolute atomic E-state index is 13.3. The number of rotatable bonds is 13. The molecule has 0 unspecified atom stereocenters. The third kappa shape index (κ3) is 12.6. The lowest BCUT2D eigenvalue weighted by Crippen LogP contribution is -2.45. The maximum atomic E-state index is 13.3. The number of amides is 1. The third-order valence-electron chi connectivity index (χ3n) is 8.83. The zero-order valence-corrected chi connectivity index (χ0v) is 32.5. The molecular weight excluding hydrogens is 731 g/mol. The molecule has 2 atom stereocenters. The van der Waals surface area contributed by atoms with Crippen molar-refractivity contribution in [2.45, 2.75) is 64.1 Å². The molecule has 0 bridgehead atoms. The summed E-state index contributed by atoms with van der Waals surface area (Å²) in [4.78, 5) is 46.0. The maximum Gasteiger partial charge on any atom is 0.408 e. The van der Waals surface area contributed by atoms with E-state index in [9.17, 15) is 23.2 Å². The van der Waals surface area contributed by atoms with Crippen LogP contribution in [-0.4, -0.2) is 64.9 Å². The number of Topliss-reactive ketones (excluding diaryl/α,β-unsaturated/α-hetero) is 2. The molecule has 2 aromatic carbocycles. The molecule has 0 aliphatic carbocycles. The van der Waals surface area contributed by atoms with E-state index in [1.54, 1.807) is 93.3 Å². The molecule has 296 valence electrons. The molecule has 0 saturated carbocycles. The van der Waals surface area contributed by atoms with Gasteiger partial charge in [-0.25, -0.2) is 13.6 Å². The number of nitrogens with one attached hydrogen (secondary N) is 1. The van der Waals surface area contributed by atoms with Gasteiger partial charge in [-0.1, -0.05) is 24.3 Å². The molecule has 6 rings (SSSR count). The van der Waals surface area contributed by atoms with Crippen LogP contribution in [0.3, 0.4) is 0 Å². The van der Waals surface area contributed by atoms with Gasteiger partial charge in [0.2, 0.25) is 0 Å². The number of carbonyl (C=O) groups excluding carboxylic acids is 3. The SMILES string of the molecule is Cn1nc(-c2ccncc2)cc1CC(=O)[C@@H](N)Cc1ccc(F)cc1.Cn1nc(-c2ccncc2)cc1CC(=O)[C@H](Cc1ccc(F)cc1)NC(=O)OC(C)(C)C. The Bertz CT molecular complexity index is 2250. The Balaban J connectivity index is 0.000000224. The van der Waals surface area contributed by atoms with Crippen LogP contribution in [0, 0.1) is 11.6 Å². The molecule has 0 radical (unpaired) electrons. The van der Waals surface area contributed by atoms with Crippen molar-refractivity contribution in [1.82, 2.24) is 34.8 Å². The fourth-order valence-corrected chi connectivity index (χ4v) is 5.82. The first-order chi connectivity index (χ1) is 27.1. The number of nitrogens with zero attached hydrogens (tertiary/aromatic N) is 6. The lowest BCUT2D eigenvalue weighted by Gasteiger charge is -2.23. The molecular formula is C43H46F2N8O4. The predicted octanol–water partition coefficient (Wildman–Crippen LogP) is 6.17. The number of ketones is 2. The number of alkyl carbamates (subject to hydrolysis) is 1. The van der Waals surface area contributed by atoms with Crippen molar-refractivity contribution in [3.8, 4) is 22.5 Å². The minimum absolute atomic E-state index is 0.0657. The first kappa shape index (κ1) is 41.7. The summed E-state index contributed by atoms with van der Waals surface area (Å²) in [6, 6.07) is 21.6. The highest BCUT2D eigenvalue weighted by atomic mass is 19.1. The van der Waals surface area contributed by atoms with Gasteiger partial charge in [0.1, 0.15) is 17.2 Å². The van der Waals surface area contributed by atoms with E-state index in [1.807, 2.05) is 36.4 Å². The molecule has 0 aliphatic heterocycles. The second kappa shape index (κ2) is 19.0. The first-order valence-corrected chi connectivity index (χ1v) is 18.3. The number of aromatic nitrogens is 6. The van der Waals surface area contributed by atoms with Crippen molar-refractivity contribution in [3.05, 3.63) is 144 Å². The topological polar surface area (TPSA) is 160 Å². The van der Waals surface area contributed by atoms with Gasteiger partial charge in [0.05, 0.1) is 36.3 Å². The van der Waals surface area contributed by atoms with E-state index < -0.39 is 23.8 Å². The van der Waals surface area contributed by atoms with E-state index in [-0.39, 0.29) is 42.5 Å². The molecule has 3 N–H and O–H groups in total. The Labute approximate surface area is 330 Å². The number of aryl methyl sites for hydroxylation is 2. The minimum Gasteiger partial charge on any atom is -0.444 e. The number of hydrogen-bond acceptors (Lipinski definition) is 9. The van der Waals surface area contributed by atoms with Gasteiger partial charge >= 0.3 is 6.09 Å². The molecule has 6 aromatic rings. The van der Waals surface area contributed by atoms with Crippen molar-refractivity contribution in [2.24, 2.45) is 19.8 Å². The van der Waals surface area contributed by atoms with Gasteiger partial charge in [-0.2, -0.15) is 10.2 Å². The lowest BCUT2D eigenvalue weighted by atomic mass is 9.99. The molecule has 0 saturated heterocycles. The van der Waals surface area contributed by atoms with Gasteiger partial charge < -0.3 is 15.8 Å². The fraction of sp³-hybridized carbons (Fsp3) is 0.279. The highest BCUT2D eigenvalue weighted by Crippen LogP contribution is 2.20. The summed E-state index contributed by atoms with van der Waals surface area (Å²) in [5, 5.41) is 11.6. The van der Waals surface area contributed by atoms with Gasteiger partial charge in [0.15, 0.2) is 11.6 Å². The number of pyridine rings is 2. The number of benzene rings is 2. The van der Waals surface area contributed by atoms with Crippen LogP contribution < -0.4 is 11.1 Å². The summed E-state index contributed by atoms with van der Waals surface area (Å²) in [5.74, 6) is -0.949.